The Morgan fingerprint density at radius 2 is 2.00 bits per heavy atom. The summed E-state index contributed by atoms with van der Waals surface area (Å²) in [6.07, 6.45) is -4.28. The second-order valence-corrected chi connectivity index (χ2v) is 5.91. The Labute approximate surface area is 125 Å². The first-order valence-electron chi connectivity index (χ1n) is 6.40. The van der Waals surface area contributed by atoms with Gasteiger partial charge in [0.25, 0.3) is 0 Å². The summed E-state index contributed by atoms with van der Waals surface area (Å²) < 4.78 is 41.4. The first kappa shape index (κ1) is 17.5. The van der Waals surface area contributed by atoms with Crippen molar-refractivity contribution >= 4 is 15.9 Å². The Bertz CT molecular complexity index is 421. The van der Waals surface area contributed by atoms with Gasteiger partial charge in [0, 0.05) is 11.0 Å². The summed E-state index contributed by atoms with van der Waals surface area (Å²) in [5.41, 5.74) is 1.79. The van der Waals surface area contributed by atoms with Crippen molar-refractivity contribution in [2.24, 2.45) is 5.92 Å². The van der Waals surface area contributed by atoms with Crippen LogP contribution in [0.4, 0.5) is 13.2 Å². The lowest BCUT2D eigenvalue weighted by Crippen LogP contribution is -2.19. The second-order valence-electron chi connectivity index (χ2n) is 5.06. The molecule has 0 saturated heterocycles. The van der Waals surface area contributed by atoms with Crippen LogP contribution in [0, 0.1) is 5.92 Å². The molecule has 0 heterocycles. The van der Waals surface area contributed by atoms with Crippen molar-refractivity contribution in [1.82, 2.24) is 5.32 Å². The Morgan fingerprint density at radius 3 is 2.55 bits per heavy atom. The van der Waals surface area contributed by atoms with E-state index in [0.29, 0.717) is 11.5 Å². The highest BCUT2D eigenvalue weighted by Crippen LogP contribution is 2.21. The van der Waals surface area contributed by atoms with Gasteiger partial charge in [0.15, 0.2) is 0 Å². The van der Waals surface area contributed by atoms with E-state index >= 15 is 0 Å². The standard InChI is InChI=1S/C14H19BrF3NO/c1-10(2)6-19-7-11-3-4-12(13(15)5-11)8-20-9-14(16,17)18/h3-5,10,19H,6-9H2,1-2H3. The van der Waals surface area contributed by atoms with Crippen molar-refractivity contribution in [3.63, 3.8) is 0 Å². The van der Waals surface area contributed by atoms with Gasteiger partial charge < -0.3 is 10.1 Å². The lowest BCUT2D eigenvalue weighted by atomic mass is 10.1. The summed E-state index contributed by atoms with van der Waals surface area (Å²) in [6.45, 7) is 4.64. The lowest BCUT2D eigenvalue weighted by molar-refractivity contribution is -0.176. The van der Waals surface area contributed by atoms with E-state index < -0.39 is 12.8 Å². The minimum Gasteiger partial charge on any atom is -0.367 e. The van der Waals surface area contributed by atoms with Crippen LogP contribution in [0.3, 0.4) is 0 Å². The first-order valence-corrected chi connectivity index (χ1v) is 7.20. The lowest BCUT2D eigenvalue weighted by Gasteiger charge is -2.11. The second kappa shape index (κ2) is 8.00. The molecule has 1 aromatic carbocycles. The number of rotatable bonds is 7. The Kier molecular flexibility index (Phi) is 6.99. The van der Waals surface area contributed by atoms with Crippen LogP contribution >= 0.6 is 15.9 Å². The number of hydrogen-bond acceptors (Lipinski definition) is 2. The Morgan fingerprint density at radius 1 is 1.30 bits per heavy atom. The molecule has 1 rings (SSSR count). The van der Waals surface area contributed by atoms with Gasteiger partial charge in [0.2, 0.25) is 0 Å². The first-order chi connectivity index (χ1) is 9.28. The van der Waals surface area contributed by atoms with Crippen molar-refractivity contribution in [3.8, 4) is 0 Å². The van der Waals surface area contributed by atoms with Crippen molar-refractivity contribution in [3.05, 3.63) is 33.8 Å². The fourth-order valence-corrected chi connectivity index (χ4v) is 2.14. The smallest absolute Gasteiger partial charge is 0.367 e. The third kappa shape index (κ3) is 7.26. The predicted molar refractivity (Wildman–Crippen MR) is 76.4 cm³/mol. The monoisotopic (exact) mass is 353 g/mol. The number of hydrogen-bond donors (Lipinski definition) is 1. The molecule has 0 fully saturated rings. The molecule has 114 valence electrons. The van der Waals surface area contributed by atoms with E-state index in [0.717, 1.165) is 23.1 Å². The molecule has 0 unspecified atom stereocenters. The predicted octanol–water partition coefficient (Wildman–Crippen LogP) is 4.27. The summed E-state index contributed by atoms with van der Waals surface area (Å²) in [5, 5.41) is 3.31. The summed E-state index contributed by atoms with van der Waals surface area (Å²) in [6, 6.07) is 5.58. The highest BCUT2D eigenvalue weighted by atomic mass is 79.9. The third-order valence-electron chi connectivity index (χ3n) is 2.52. The van der Waals surface area contributed by atoms with Crippen LogP contribution in [0.5, 0.6) is 0 Å². The van der Waals surface area contributed by atoms with E-state index in [-0.39, 0.29) is 6.61 Å². The molecule has 20 heavy (non-hydrogen) atoms. The maximum atomic E-state index is 12.0. The van der Waals surface area contributed by atoms with E-state index in [1.54, 1.807) is 6.07 Å². The maximum Gasteiger partial charge on any atom is 0.411 e. The van der Waals surface area contributed by atoms with Crippen LogP contribution in [0.2, 0.25) is 0 Å². The summed E-state index contributed by atoms with van der Waals surface area (Å²) in [4.78, 5) is 0. The molecule has 0 atom stereocenters. The number of ether oxygens (including phenoxy) is 1. The quantitative estimate of drug-likeness (QED) is 0.790. The van der Waals surface area contributed by atoms with Gasteiger partial charge in [-0.15, -0.1) is 0 Å². The minimum absolute atomic E-state index is 0.0558. The average Bonchev–Trinajstić information content (AvgIpc) is 2.30. The number of alkyl halides is 3. The third-order valence-corrected chi connectivity index (χ3v) is 3.26. The molecule has 0 aliphatic carbocycles. The molecule has 0 radical (unpaired) electrons. The van der Waals surface area contributed by atoms with E-state index in [4.69, 9.17) is 0 Å². The molecule has 0 aliphatic heterocycles. The molecule has 0 aromatic heterocycles. The van der Waals surface area contributed by atoms with Gasteiger partial charge in [-0.1, -0.05) is 41.9 Å². The van der Waals surface area contributed by atoms with Crippen molar-refractivity contribution in [2.45, 2.75) is 33.2 Å². The molecule has 6 heteroatoms. The number of benzene rings is 1. The van der Waals surface area contributed by atoms with Gasteiger partial charge in [-0.3, -0.25) is 0 Å². The average molecular weight is 354 g/mol. The summed E-state index contributed by atoms with van der Waals surface area (Å²) in [5.74, 6) is 0.577. The Balaban J connectivity index is 2.47. The zero-order valence-electron chi connectivity index (χ0n) is 11.6. The minimum atomic E-state index is -4.28. The fourth-order valence-electron chi connectivity index (χ4n) is 1.60. The van der Waals surface area contributed by atoms with Crippen LogP contribution in [0.25, 0.3) is 0 Å². The fraction of sp³-hybridized carbons (Fsp3) is 0.571. The van der Waals surface area contributed by atoms with Gasteiger partial charge in [0.1, 0.15) is 6.61 Å². The van der Waals surface area contributed by atoms with Gasteiger partial charge in [-0.2, -0.15) is 13.2 Å². The van der Waals surface area contributed by atoms with Crippen molar-refractivity contribution in [2.75, 3.05) is 13.2 Å². The van der Waals surface area contributed by atoms with E-state index in [2.05, 4.69) is 39.8 Å². The highest BCUT2D eigenvalue weighted by Gasteiger charge is 2.27. The van der Waals surface area contributed by atoms with Crippen LogP contribution in [-0.2, 0) is 17.9 Å². The summed E-state index contributed by atoms with van der Waals surface area (Å²) in [7, 11) is 0. The van der Waals surface area contributed by atoms with Crippen LogP contribution in [0.1, 0.15) is 25.0 Å². The van der Waals surface area contributed by atoms with E-state index in [1.807, 2.05) is 12.1 Å². The van der Waals surface area contributed by atoms with Crippen molar-refractivity contribution in [1.29, 1.82) is 0 Å². The number of nitrogens with one attached hydrogen (secondary N) is 1. The van der Waals surface area contributed by atoms with Gasteiger partial charge in [-0.25, -0.2) is 0 Å². The molecule has 1 N–H and O–H groups in total. The largest absolute Gasteiger partial charge is 0.411 e. The Hall–Kier alpha value is -0.590. The summed E-state index contributed by atoms with van der Waals surface area (Å²) >= 11 is 3.36. The van der Waals surface area contributed by atoms with Crippen LogP contribution < -0.4 is 5.32 Å². The molecular weight excluding hydrogens is 335 g/mol. The van der Waals surface area contributed by atoms with Crippen molar-refractivity contribution < 1.29 is 17.9 Å². The van der Waals surface area contributed by atoms with Gasteiger partial charge in [0.05, 0.1) is 6.61 Å². The molecule has 0 bridgehead atoms. The van der Waals surface area contributed by atoms with E-state index in [9.17, 15) is 13.2 Å². The SMILES string of the molecule is CC(C)CNCc1ccc(COCC(F)(F)F)c(Br)c1. The maximum absolute atomic E-state index is 12.0. The topological polar surface area (TPSA) is 21.3 Å². The van der Waals surface area contributed by atoms with Gasteiger partial charge in [-0.05, 0) is 29.7 Å². The molecule has 0 spiro atoms. The molecule has 2 nitrogen and oxygen atoms in total. The number of halogens is 4. The van der Waals surface area contributed by atoms with Gasteiger partial charge >= 0.3 is 6.18 Å². The molecule has 0 amide bonds. The van der Waals surface area contributed by atoms with Crippen LogP contribution in [0.15, 0.2) is 22.7 Å². The zero-order chi connectivity index (χ0) is 15.2. The normalized spacial score (nSPS) is 12.2. The molecule has 1 aromatic rings. The highest BCUT2D eigenvalue weighted by molar-refractivity contribution is 9.10. The molecule has 0 saturated carbocycles. The molecular formula is C14H19BrF3NO. The van der Waals surface area contributed by atoms with Crippen LogP contribution in [-0.4, -0.2) is 19.3 Å². The van der Waals surface area contributed by atoms with E-state index in [1.165, 1.54) is 0 Å². The zero-order valence-corrected chi connectivity index (χ0v) is 13.1. The molecule has 0 aliphatic rings.